The second-order valence-electron chi connectivity index (χ2n) is 2.39. The number of hydrogen-bond acceptors (Lipinski definition) is 3. The molecule has 1 aromatic heterocycles. The molecule has 1 unspecified atom stereocenters. The van der Waals surface area contributed by atoms with E-state index in [4.69, 9.17) is 6.42 Å². The Balaban J connectivity index is 2.61. The predicted octanol–water partition coefficient (Wildman–Crippen LogP) is 0.479. The average molecular weight is 164 g/mol. The second kappa shape index (κ2) is 4.52. The quantitative estimate of drug-likeness (QED) is 0.636. The molecular formula is C8H12N4. The van der Waals surface area contributed by atoms with Gasteiger partial charge in [0.15, 0.2) is 0 Å². The Morgan fingerprint density at radius 2 is 2.67 bits per heavy atom. The molecule has 0 saturated heterocycles. The van der Waals surface area contributed by atoms with Crippen molar-refractivity contribution in [2.24, 2.45) is 0 Å². The molecule has 0 saturated carbocycles. The molecule has 64 valence electrons. The van der Waals surface area contributed by atoms with Gasteiger partial charge < -0.3 is 5.32 Å². The Bertz CT molecular complexity index is 247. The third-order valence-electron chi connectivity index (χ3n) is 1.54. The number of aromatic amines is 1. The first kappa shape index (κ1) is 8.75. The minimum absolute atomic E-state index is 0.0995. The Kier molecular flexibility index (Phi) is 3.30. The molecule has 1 heterocycles. The Hall–Kier alpha value is -1.34. The molecule has 0 aromatic carbocycles. The monoisotopic (exact) mass is 164 g/mol. The maximum atomic E-state index is 5.21. The number of H-pyrrole nitrogens is 1. The van der Waals surface area contributed by atoms with Gasteiger partial charge in [-0.1, -0.05) is 6.92 Å². The van der Waals surface area contributed by atoms with Crippen LogP contribution in [0.25, 0.3) is 0 Å². The minimum Gasteiger partial charge on any atom is -0.307 e. The summed E-state index contributed by atoms with van der Waals surface area (Å²) in [5, 5.41) is 9.76. The topological polar surface area (TPSA) is 53.6 Å². The van der Waals surface area contributed by atoms with Gasteiger partial charge >= 0.3 is 0 Å². The predicted molar refractivity (Wildman–Crippen MR) is 46.3 cm³/mol. The van der Waals surface area contributed by atoms with Crippen LogP contribution in [0, 0.1) is 12.3 Å². The van der Waals surface area contributed by atoms with Gasteiger partial charge in [-0.15, -0.1) is 12.3 Å². The van der Waals surface area contributed by atoms with Crippen LogP contribution in [0.15, 0.2) is 6.33 Å². The molecule has 1 atom stereocenters. The maximum absolute atomic E-state index is 5.21. The lowest BCUT2D eigenvalue weighted by Gasteiger charge is -2.10. The average Bonchev–Trinajstić information content (AvgIpc) is 2.56. The fourth-order valence-corrected chi connectivity index (χ4v) is 1.01. The molecule has 0 aliphatic carbocycles. The summed E-state index contributed by atoms with van der Waals surface area (Å²) in [6.07, 6.45) is 7.32. The van der Waals surface area contributed by atoms with Gasteiger partial charge in [-0.25, -0.2) is 4.98 Å². The smallest absolute Gasteiger partial charge is 0.142 e. The normalized spacial score (nSPS) is 12.3. The molecule has 0 radical (unpaired) electrons. The molecule has 4 heteroatoms. The summed E-state index contributed by atoms with van der Waals surface area (Å²) in [7, 11) is 0. The Morgan fingerprint density at radius 3 is 3.17 bits per heavy atom. The highest BCUT2D eigenvalue weighted by atomic mass is 15.2. The molecule has 12 heavy (non-hydrogen) atoms. The number of rotatable bonds is 4. The zero-order valence-electron chi connectivity index (χ0n) is 7.04. The van der Waals surface area contributed by atoms with Gasteiger partial charge in [-0.2, -0.15) is 5.10 Å². The van der Waals surface area contributed by atoms with Crippen molar-refractivity contribution >= 4 is 0 Å². The molecule has 0 aliphatic heterocycles. The summed E-state index contributed by atoms with van der Waals surface area (Å²) in [6, 6.07) is 0.0995. The Labute approximate surface area is 71.8 Å². The van der Waals surface area contributed by atoms with E-state index in [1.54, 1.807) is 0 Å². The number of aromatic nitrogens is 3. The molecule has 1 aromatic rings. The summed E-state index contributed by atoms with van der Waals surface area (Å²) in [5.41, 5.74) is 0. The third-order valence-corrected chi connectivity index (χ3v) is 1.54. The van der Waals surface area contributed by atoms with Gasteiger partial charge in [0, 0.05) is 6.42 Å². The van der Waals surface area contributed by atoms with Crippen molar-refractivity contribution in [1.29, 1.82) is 0 Å². The van der Waals surface area contributed by atoms with E-state index in [0.717, 1.165) is 12.4 Å². The number of terminal acetylenes is 1. The standard InChI is InChI=1S/C8H12N4/c1-3-5-7(9-4-2)8-10-6-11-12-8/h1,6-7,9H,4-5H2,2H3,(H,10,11,12). The van der Waals surface area contributed by atoms with Gasteiger partial charge in [0.25, 0.3) is 0 Å². The van der Waals surface area contributed by atoms with E-state index in [1.807, 2.05) is 6.92 Å². The molecular weight excluding hydrogens is 152 g/mol. The van der Waals surface area contributed by atoms with E-state index in [2.05, 4.69) is 26.4 Å². The first-order valence-corrected chi connectivity index (χ1v) is 3.90. The zero-order chi connectivity index (χ0) is 8.81. The second-order valence-corrected chi connectivity index (χ2v) is 2.39. The van der Waals surface area contributed by atoms with Crippen LogP contribution >= 0.6 is 0 Å². The van der Waals surface area contributed by atoms with Crippen molar-refractivity contribution in [1.82, 2.24) is 20.5 Å². The zero-order valence-corrected chi connectivity index (χ0v) is 7.04. The van der Waals surface area contributed by atoms with Crippen LogP contribution in [0.3, 0.4) is 0 Å². The summed E-state index contributed by atoms with van der Waals surface area (Å²) in [4.78, 5) is 4.03. The lowest BCUT2D eigenvalue weighted by atomic mass is 10.2. The van der Waals surface area contributed by atoms with Crippen molar-refractivity contribution in [3.05, 3.63) is 12.2 Å². The highest BCUT2D eigenvalue weighted by molar-refractivity contribution is 4.99. The van der Waals surface area contributed by atoms with Crippen LogP contribution < -0.4 is 5.32 Å². The first-order chi connectivity index (χ1) is 5.88. The van der Waals surface area contributed by atoms with E-state index in [-0.39, 0.29) is 6.04 Å². The van der Waals surface area contributed by atoms with Crippen LogP contribution in [0.4, 0.5) is 0 Å². The number of nitrogens with zero attached hydrogens (tertiary/aromatic N) is 2. The van der Waals surface area contributed by atoms with Crippen molar-refractivity contribution in [2.75, 3.05) is 6.54 Å². The highest BCUT2D eigenvalue weighted by Gasteiger charge is 2.10. The molecule has 1 rings (SSSR count). The summed E-state index contributed by atoms with van der Waals surface area (Å²) in [5.74, 6) is 3.39. The van der Waals surface area contributed by atoms with E-state index in [9.17, 15) is 0 Å². The summed E-state index contributed by atoms with van der Waals surface area (Å²) >= 11 is 0. The molecule has 0 aliphatic rings. The molecule has 4 nitrogen and oxygen atoms in total. The van der Waals surface area contributed by atoms with E-state index < -0.39 is 0 Å². The van der Waals surface area contributed by atoms with Crippen LogP contribution in [0.2, 0.25) is 0 Å². The minimum atomic E-state index is 0.0995. The highest BCUT2D eigenvalue weighted by Crippen LogP contribution is 2.09. The molecule has 0 spiro atoms. The molecule has 0 bridgehead atoms. The first-order valence-electron chi connectivity index (χ1n) is 3.90. The Morgan fingerprint density at radius 1 is 1.83 bits per heavy atom. The summed E-state index contributed by atoms with van der Waals surface area (Å²) in [6.45, 7) is 2.90. The SMILES string of the molecule is C#CCC(NCC)c1ncn[nH]1. The van der Waals surface area contributed by atoms with Gasteiger partial charge in [0.2, 0.25) is 0 Å². The summed E-state index contributed by atoms with van der Waals surface area (Å²) < 4.78 is 0. The number of nitrogens with one attached hydrogen (secondary N) is 2. The largest absolute Gasteiger partial charge is 0.307 e. The van der Waals surface area contributed by atoms with Crippen molar-refractivity contribution in [3.63, 3.8) is 0 Å². The van der Waals surface area contributed by atoms with Crippen LogP contribution in [-0.4, -0.2) is 21.7 Å². The van der Waals surface area contributed by atoms with Crippen LogP contribution in [-0.2, 0) is 0 Å². The van der Waals surface area contributed by atoms with Crippen LogP contribution in [0.1, 0.15) is 25.2 Å². The molecule has 0 fully saturated rings. The lowest BCUT2D eigenvalue weighted by Crippen LogP contribution is -2.21. The molecule has 0 amide bonds. The van der Waals surface area contributed by atoms with E-state index >= 15 is 0 Å². The van der Waals surface area contributed by atoms with Crippen molar-refractivity contribution in [3.8, 4) is 12.3 Å². The van der Waals surface area contributed by atoms with Gasteiger partial charge in [0.05, 0.1) is 6.04 Å². The lowest BCUT2D eigenvalue weighted by molar-refractivity contribution is 0.537. The van der Waals surface area contributed by atoms with E-state index in [1.165, 1.54) is 6.33 Å². The molecule has 2 N–H and O–H groups in total. The fourth-order valence-electron chi connectivity index (χ4n) is 1.01. The van der Waals surface area contributed by atoms with Crippen molar-refractivity contribution in [2.45, 2.75) is 19.4 Å². The van der Waals surface area contributed by atoms with E-state index in [0.29, 0.717) is 6.42 Å². The fraction of sp³-hybridized carbons (Fsp3) is 0.500. The van der Waals surface area contributed by atoms with Crippen LogP contribution in [0.5, 0.6) is 0 Å². The van der Waals surface area contributed by atoms with Gasteiger partial charge in [0.1, 0.15) is 12.2 Å². The third kappa shape index (κ3) is 2.07. The van der Waals surface area contributed by atoms with Gasteiger partial charge in [-0.05, 0) is 6.54 Å². The van der Waals surface area contributed by atoms with Crippen molar-refractivity contribution < 1.29 is 0 Å². The van der Waals surface area contributed by atoms with Gasteiger partial charge in [-0.3, -0.25) is 5.10 Å². The maximum Gasteiger partial charge on any atom is 0.142 e. The number of hydrogen-bond donors (Lipinski definition) is 2.